The van der Waals surface area contributed by atoms with Gasteiger partial charge in [0.2, 0.25) is 0 Å². The van der Waals surface area contributed by atoms with Crippen LogP contribution < -0.4 is 9.62 Å². The maximum absolute atomic E-state index is 4.84. The fraction of sp³-hybridized carbons (Fsp3) is 0.333. The van der Waals surface area contributed by atoms with Gasteiger partial charge in [0, 0.05) is 37.5 Å². The molecule has 0 spiro atoms. The van der Waals surface area contributed by atoms with Gasteiger partial charge in [-0.05, 0) is 49.3 Å². The van der Waals surface area contributed by atoms with Gasteiger partial charge in [0.25, 0.3) is 0 Å². The van der Waals surface area contributed by atoms with Crippen LogP contribution in [0.4, 0.5) is 17.1 Å². The largest absolute Gasteiger partial charge is 0.352 e. The molecule has 0 radical (unpaired) electrons. The average Bonchev–Trinajstić information content (AvgIpc) is 3.13. The van der Waals surface area contributed by atoms with Gasteiger partial charge in [0.15, 0.2) is 5.65 Å². The summed E-state index contributed by atoms with van der Waals surface area (Å²) in [5.41, 5.74) is 8.18. The van der Waals surface area contributed by atoms with Crippen molar-refractivity contribution >= 4 is 44.8 Å². The Balaban J connectivity index is 1.60. The van der Waals surface area contributed by atoms with E-state index in [0.717, 1.165) is 50.9 Å². The second-order valence-electron chi connectivity index (χ2n) is 8.79. The number of imidazole rings is 1. The van der Waals surface area contributed by atoms with Gasteiger partial charge >= 0.3 is 0 Å². The summed E-state index contributed by atoms with van der Waals surface area (Å²) >= 11 is 0. The summed E-state index contributed by atoms with van der Waals surface area (Å²) in [5.74, 6) is 6.33. The molecule has 1 fully saturated rings. The van der Waals surface area contributed by atoms with Crippen molar-refractivity contribution in [2.75, 3.05) is 22.9 Å². The molecule has 5 rings (SSSR count). The van der Waals surface area contributed by atoms with Gasteiger partial charge in [-0.25, -0.2) is 9.97 Å². The molecule has 166 valence electrons. The highest BCUT2D eigenvalue weighted by Crippen LogP contribution is 2.47. The number of aromatic amines is 1. The normalized spacial score (nSPS) is 18.7. The minimum atomic E-state index is -0.179. The summed E-state index contributed by atoms with van der Waals surface area (Å²) in [6.07, 6.45) is 7.24. The summed E-state index contributed by atoms with van der Waals surface area (Å²) in [6.45, 7) is 4.25. The number of benzene rings is 1. The number of fused-ring (bicyclic) bond motifs is 1. The Bertz CT molecular complexity index is 1340. The highest BCUT2D eigenvalue weighted by molar-refractivity contribution is 8.14. The maximum atomic E-state index is 4.84. The Kier molecular flexibility index (Phi) is 5.04. The monoisotopic (exact) mass is 447 g/mol. The van der Waals surface area contributed by atoms with E-state index in [4.69, 9.17) is 4.98 Å². The second kappa shape index (κ2) is 7.78. The zero-order valence-electron chi connectivity index (χ0n) is 19.2. The summed E-state index contributed by atoms with van der Waals surface area (Å²) in [7, 11) is 3.84. The van der Waals surface area contributed by atoms with Gasteiger partial charge in [-0.3, -0.25) is 4.68 Å². The van der Waals surface area contributed by atoms with Crippen LogP contribution in [-0.4, -0.2) is 43.9 Å². The van der Waals surface area contributed by atoms with Crippen molar-refractivity contribution in [3.8, 4) is 11.1 Å². The van der Waals surface area contributed by atoms with E-state index >= 15 is 0 Å². The van der Waals surface area contributed by atoms with Crippen LogP contribution in [0.3, 0.4) is 0 Å². The predicted octanol–water partition coefficient (Wildman–Crippen LogP) is 5.22. The first-order valence-electron chi connectivity index (χ1n) is 10.8. The molecule has 1 aliphatic carbocycles. The van der Waals surface area contributed by atoms with Gasteiger partial charge in [0.05, 0.1) is 23.3 Å². The lowest BCUT2D eigenvalue weighted by atomic mass is 10.1. The lowest BCUT2D eigenvalue weighted by molar-refractivity contribution is 0.768. The Morgan fingerprint density at radius 3 is 2.66 bits per heavy atom. The molecular formula is C24H29N7S. The zero-order valence-corrected chi connectivity index (χ0v) is 20.0. The Hall–Kier alpha value is -3.13. The van der Waals surface area contributed by atoms with Crippen LogP contribution in [0, 0.1) is 12.8 Å². The van der Waals surface area contributed by atoms with E-state index in [0.29, 0.717) is 11.8 Å². The summed E-state index contributed by atoms with van der Waals surface area (Å²) in [4.78, 5) is 12.8. The smallest absolute Gasteiger partial charge is 0.180 e. The van der Waals surface area contributed by atoms with Gasteiger partial charge in [-0.1, -0.05) is 18.9 Å². The third-order valence-electron chi connectivity index (χ3n) is 6.20. The van der Waals surface area contributed by atoms with E-state index in [1.165, 1.54) is 6.42 Å². The number of nitrogens with zero attached hydrogens (tertiary/aromatic N) is 5. The average molecular weight is 448 g/mol. The van der Waals surface area contributed by atoms with Crippen molar-refractivity contribution in [2.24, 2.45) is 13.0 Å². The topological polar surface area (TPSA) is 74.7 Å². The maximum Gasteiger partial charge on any atom is 0.180 e. The molecule has 1 saturated carbocycles. The molecule has 8 heteroatoms. The first-order chi connectivity index (χ1) is 15.3. The molecule has 3 atom stereocenters. The summed E-state index contributed by atoms with van der Waals surface area (Å²) in [6, 6.07) is 8.65. The van der Waals surface area contributed by atoms with Gasteiger partial charge < -0.3 is 14.6 Å². The molecule has 1 aliphatic rings. The molecule has 3 heterocycles. The van der Waals surface area contributed by atoms with E-state index in [2.05, 4.69) is 75.1 Å². The lowest BCUT2D eigenvalue weighted by Gasteiger charge is -2.24. The van der Waals surface area contributed by atoms with Crippen LogP contribution in [0.25, 0.3) is 22.3 Å². The molecule has 0 amide bonds. The SMILES string of the molecule is C=S(C)N(C)c1cc(-c2cnn(C)c2)ccc1Nc1cc(C2CC2C)nc2nc(C)[nH]c12. The van der Waals surface area contributed by atoms with Crippen molar-refractivity contribution in [1.82, 2.24) is 24.7 Å². The fourth-order valence-corrected chi connectivity index (χ4v) is 4.59. The zero-order chi connectivity index (χ0) is 22.6. The van der Waals surface area contributed by atoms with Crippen LogP contribution in [0.2, 0.25) is 0 Å². The summed E-state index contributed by atoms with van der Waals surface area (Å²) < 4.78 is 4.04. The van der Waals surface area contributed by atoms with E-state index in [-0.39, 0.29) is 10.7 Å². The molecule has 4 aromatic rings. The molecular weight excluding hydrogens is 418 g/mol. The first-order valence-corrected chi connectivity index (χ1v) is 12.5. The van der Waals surface area contributed by atoms with Crippen LogP contribution in [0.1, 0.15) is 30.8 Å². The Morgan fingerprint density at radius 2 is 2.00 bits per heavy atom. The number of pyridine rings is 1. The molecule has 7 nitrogen and oxygen atoms in total. The number of H-pyrrole nitrogens is 1. The molecule has 0 aliphatic heterocycles. The molecule has 32 heavy (non-hydrogen) atoms. The van der Waals surface area contributed by atoms with Crippen LogP contribution in [0.5, 0.6) is 0 Å². The lowest BCUT2D eigenvalue weighted by Crippen LogP contribution is -2.11. The van der Waals surface area contributed by atoms with Crippen molar-refractivity contribution in [2.45, 2.75) is 26.2 Å². The predicted molar refractivity (Wildman–Crippen MR) is 136 cm³/mol. The minimum absolute atomic E-state index is 0.179. The van der Waals surface area contributed by atoms with Crippen molar-refractivity contribution in [3.63, 3.8) is 0 Å². The number of aromatic nitrogens is 5. The van der Waals surface area contributed by atoms with Crippen molar-refractivity contribution < 1.29 is 0 Å². The number of nitrogens with one attached hydrogen (secondary N) is 2. The van der Waals surface area contributed by atoms with E-state index in [1.54, 1.807) is 0 Å². The second-order valence-corrected chi connectivity index (χ2v) is 10.5. The molecule has 3 aromatic heterocycles. The third-order valence-corrected chi connectivity index (χ3v) is 7.33. The number of hydrogen-bond donors (Lipinski definition) is 2. The van der Waals surface area contributed by atoms with Gasteiger partial charge in [0.1, 0.15) is 11.3 Å². The molecule has 1 aromatic carbocycles. The quantitative estimate of drug-likeness (QED) is 0.397. The number of anilines is 3. The van der Waals surface area contributed by atoms with Crippen molar-refractivity contribution in [3.05, 3.63) is 48.2 Å². The van der Waals surface area contributed by atoms with E-state index in [1.807, 2.05) is 31.0 Å². The minimum Gasteiger partial charge on any atom is -0.352 e. The molecule has 0 bridgehead atoms. The molecule has 3 unspecified atom stereocenters. The first kappa shape index (κ1) is 20.8. The van der Waals surface area contributed by atoms with Crippen LogP contribution in [0.15, 0.2) is 36.7 Å². The van der Waals surface area contributed by atoms with Crippen LogP contribution in [-0.2, 0) is 7.05 Å². The molecule has 2 N–H and O–H groups in total. The standard InChI is InChI=1S/C24H29N7S/c1-14-9-18(14)20-11-21(23-24(29-20)27-15(2)26-23)28-19-8-7-16(17-12-25-30(3)13-17)10-22(19)31(4)32(5)6/h7-8,10-14,18H,5,9H2,1-4,6H3,(H2,26,27,28,29). The third kappa shape index (κ3) is 3.79. The fourth-order valence-electron chi connectivity index (χ4n) is 4.11. The number of rotatable bonds is 6. The Labute approximate surface area is 191 Å². The number of aryl methyl sites for hydroxylation is 2. The van der Waals surface area contributed by atoms with Crippen molar-refractivity contribution in [1.29, 1.82) is 0 Å². The van der Waals surface area contributed by atoms with E-state index in [9.17, 15) is 0 Å². The Morgan fingerprint density at radius 1 is 1.22 bits per heavy atom. The highest BCUT2D eigenvalue weighted by Gasteiger charge is 2.36. The summed E-state index contributed by atoms with van der Waals surface area (Å²) in [5, 5.41) is 8.02. The van der Waals surface area contributed by atoms with E-state index < -0.39 is 0 Å². The number of hydrogen-bond acceptors (Lipinski definition) is 5. The highest BCUT2D eigenvalue weighted by atomic mass is 32.2. The molecule has 0 saturated heterocycles. The van der Waals surface area contributed by atoms with Gasteiger partial charge in [-0.2, -0.15) is 5.10 Å². The van der Waals surface area contributed by atoms with Crippen LogP contribution >= 0.6 is 10.7 Å². The van der Waals surface area contributed by atoms with Gasteiger partial charge in [-0.15, -0.1) is 10.7 Å².